The molecule has 0 aliphatic rings. The lowest BCUT2D eigenvalue weighted by molar-refractivity contribution is 0.199. The van der Waals surface area contributed by atoms with Crippen molar-refractivity contribution in [3.63, 3.8) is 0 Å². The molecule has 2 nitrogen and oxygen atoms in total. The molecule has 0 saturated carbocycles. The summed E-state index contributed by atoms with van der Waals surface area (Å²) in [6.07, 6.45) is -0.539. The maximum Gasteiger partial charge on any atom is 0.141 e. The number of ether oxygens (including phenoxy) is 1. The van der Waals surface area contributed by atoms with Crippen LogP contribution in [0.2, 0.25) is 0 Å². The van der Waals surface area contributed by atoms with Crippen molar-refractivity contribution in [3.8, 4) is 11.5 Å². The van der Waals surface area contributed by atoms with Gasteiger partial charge in [-0.2, -0.15) is 0 Å². The van der Waals surface area contributed by atoms with E-state index in [1.807, 2.05) is 0 Å². The standard InChI is InChI=1S/C14H11Br2FO2/c1-8(18)9-2-4-13(11(15)6-9)19-14-5-3-10(17)7-12(14)16/h2-8,18H,1H3. The van der Waals surface area contributed by atoms with Crippen molar-refractivity contribution in [2.24, 2.45) is 0 Å². The Hall–Kier alpha value is -0.910. The molecule has 0 saturated heterocycles. The molecule has 100 valence electrons. The minimum Gasteiger partial charge on any atom is -0.455 e. The first kappa shape index (κ1) is 14.5. The second-order valence-corrected chi connectivity index (χ2v) is 5.75. The highest BCUT2D eigenvalue weighted by Crippen LogP contribution is 2.35. The van der Waals surface area contributed by atoms with Gasteiger partial charge in [0.15, 0.2) is 0 Å². The number of benzene rings is 2. The molecule has 0 aliphatic carbocycles. The predicted molar refractivity (Wildman–Crippen MR) is 78.9 cm³/mol. The van der Waals surface area contributed by atoms with Gasteiger partial charge in [0.05, 0.1) is 15.0 Å². The summed E-state index contributed by atoms with van der Waals surface area (Å²) in [6, 6.07) is 9.54. The van der Waals surface area contributed by atoms with E-state index >= 15 is 0 Å². The molecule has 1 atom stereocenters. The lowest BCUT2D eigenvalue weighted by Gasteiger charge is -2.11. The first-order valence-corrected chi connectivity index (χ1v) is 7.16. The Morgan fingerprint density at radius 1 is 1.05 bits per heavy atom. The lowest BCUT2D eigenvalue weighted by atomic mass is 10.1. The fourth-order valence-electron chi connectivity index (χ4n) is 1.54. The zero-order valence-corrected chi connectivity index (χ0v) is 13.2. The van der Waals surface area contributed by atoms with E-state index in [2.05, 4.69) is 31.9 Å². The van der Waals surface area contributed by atoms with Gasteiger partial charge in [-0.25, -0.2) is 4.39 Å². The molecule has 2 aromatic rings. The maximum absolute atomic E-state index is 13.0. The minimum absolute atomic E-state index is 0.331. The first-order valence-electron chi connectivity index (χ1n) is 5.58. The Morgan fingerprint density at radius 2 is 1.63 bits per heavy atom. The molecular weight excluding hydrogens is 379 g/mol. The highest BCUT2D eigenvalue weighted by Gasteiger charge is 2.09. The van der Waals surface area contributed by atoms with Gasteiger partial charge in [-0.3, -0.25) is 0 Å². The van der Waals surface area contributed by atoms with Crippen LogP contribution in [0, 0.1) is 5.82 Å². The Balaban J connectivity index is 2.28. The first-order chi connectivity index (χ1) is 8.97. The molecule has 2 rings (SSSR count). The van der Waals surface area contributed by atoms with Crippen LogP contribution in [0.3, 0.4) is 0 Å². The highest BCUT2D eigenvalue weighted by molar-refractivity contribution is 9.11. The highest BCUT2D eigenvalue weighted by atomic mass is 79.9. The summed E-state index contributed by atoms with van der Waals surface area (Å²) in [6.45, 7) is 1.69. The van der Waals surface area contributed by atoms with Crippen LogP contribution in [-0.4, -0.2) is 5.11 Å². The van der Waals surface area contributed by atoms with Gasteiger partial charge in [-0.1, -0.05) is 6.07 Å². The predicted octanol–water partition coefficient (Wildman–Crippen LogP) is 5.20. The number of aliphatic hydroxyl groups is 1. The molecule has 0 aromatic heterocycles. The molecule has 0 spiro atoms. The van der Waals surface area contributed by atoms with Crippen molar-refractivity contribution in [1.82, 2.24) is 0 Å². The fourth-order valence-corrected chi connectivity index (χ4v) is 2.45. The zero-order chi connectivity index (χ0) is 14.0. The van der Waals surface area contributed by atoms with Crippen molar-refractivity contribution < 1.29 is 14.2 Å². The van der Waals surface area contributed by atoms with Crippen molar-refractivity contribution in [1.29, 1.82) is 0 Å². The number of halogens is 3. The van der Waals surface area contributed by atoms with Crippen LogP contribution in [0.1, 0.15) is 18.6 Å². The van der Waals surface area contributed by atoms with Gasteiger partial charge in [0.25, 0.3) is 0 Å². The third-order valence-electron chi connectivity index (χ3n) is 2.55. The summed E-state index contributed by atoms with van der Waals surface area (Å²) in [5, 5.41) is 9.49. The molecule has 0 fully saturated rings. The third-order valence-corrected chi connectivity index (χ3v) is 3.79. The number of hydrogen-bond donors (Lipinski definition) is 1. The SMILES string of the molecule is CC(O)c1ccc(Oc2ccc(F)cc2Br)c(Br)c1. The van der Waals surface area contributed by atoms with E-state index < -0.39 is 6.10 Å². The summed E-state index contributed by atoms with van der Waals surface area (Å²) in [5.41, 5.74) is 0.789. The third kappa shape index (κ3) is 3.55. The summed E-state index contributed by atoms with van der Waals surface area (Å²) >= 11 is 6.63. The fraction of sp³-hybridized carbons (Fsp3) is 0.143. The Labute approximate surface area is 127 Å². The van der Waals surface area contributed by atoms with Crippen molar-refractivity contribution in [3.05, 3.63) is 56.7 Å². The molecular formula is C14H11Br2FO2. The molecule has 0 radical (unpaired) electrons. The van der Waals surface area contributed by atoms with Crippen LogP contribution in [0.25, 0.3) is 0 Å². The largest absolute Gasteiger partial charge is 0.455 e. The van der Waals surface area contributed by atoms with Gasteiger partial charge in [0.1, 0.15) is 17.3 Å². The van der Waals surface area contributed by atoms with Gasteiger partial charge >= 0.3 is 0 Å². The van der Waals surface area contributed by atoms with Crippen molar-refractivity contribution >= 4 is 31.9 Å². The normalized spacial score (nSPS) is 12.3. The molecule has 1 unspecified atom stereocenters. The molecule has 0 amide bonds. The molecule has 0 aliphatic heterocycles. The van der Waals surface area contributed by atoms with E-state index in [0.29, 0.717) is 16.0 Å². The second kappa shape index (κ2) is 6.03. The average Bonchev–Trinajstić information content (AvgIpc) is 2.34. The molecule has 19 heavy (non-hydrogen) atoms. The van der Waals surface area contributed by atoms with E-state index in [9.17, 15) is 9.50 Å². The van der Waals surface area contributed by atoms with Gasteiger partial charge in [-0.05, 0) is 74.7 Å². The Morgan fingerprint density at radius 3 is 2.16 bits per heavy atom. The van der Waals surface area contributed by atoms with Crippen LogP contribution < -0.4 is 4.74 Å². The summed E-state index contributed by atoms with van der Waals surface area (Å²) in [5.74, 6) is 0.784. The van der Waals surface area contributed by atoms with Crippen LogP contribution in [0.5, 0.6) is 11.5 Å². The summed E-state index contributed by atoms with van der Waals surface area (Å²) < 4.78 is 19.9. The summed E-state index contributed by atoms with van der Waals surface area (Å²) in [4.78, 5) is 0. The molecule has 0 heterocycles. The van der Waals surface area contributed by atoms with Crippen molar-refractivity contribution in [2.45, 2.75) is 13.0 Å². The lowest BCUT2D eigenvalue weighted by Crippen LogP contribution is -1.93. The summed E-state index contributed by atoms with van der Waals surface area (Å²) in [7, 11) is 0. The van der Waals surface area contributed by atoms with Crippen LogP contribution in [0.15, 0.2) is 45.3 Å². The number of rotatable bonds is 3. The van der Waals surface area contributed by atoms with E-state index in [-0.39, 0.29) is 5.82 Å². The molecule has 1 N–H and O–H groups in total. The molecule has 0 bridgehead atoms. The van der Waals surface area contributed by atoms with E-state index in [0.717, 1.165) is 10.0 Å². The second-order valence-electron chi connectivity index (χ2n) is 4.04. The van der Waals surface area contributed by atoms with Crippen molar-refractivity contribution in [2.75, 3.05) is 0 Å². The minimum atomic E-state index is -0.539. The van der Waals surface area contributed by atoms with Gasteiger partial charge < -0.3 is 9.84 Å². The van der Waals surface area contributed by atoms with Crippen LogP contribution in [-0.2, 0) is 0 Å². The average molecular weight is 390 g/mol. The monoisotopic (exact) mass is 388 g/mol. The van der Waals surface area contributed by atoms with Gasteiger partial charge in [0, 0.05) is 0 Å². The van der Waals surface area contributed by atoms with E-state index in [4.69, 9.17) is 4.74 Å². The topological polar surface area (TPSA) is 29.5 Å². The van der Waals surface area contributed by atoms with Crippen LogP contribution >= 0.6 is 31.9 Å². The van der Waals surface area contributed by atoms with E-state index in [1.165, 1.54) is 12.1 Å². The smallest absolute Gasteiger partial charge is 0.141 e. The number of aliphatic hydroxyl groups excluding tert-OH is 1. The maximum atomic E-state index is 13.0. The number of hydrogen-bond acceptors (Lipinski definition) is 2. The molecule has 5 heteroatoms. The zero-order valence-electron chi connectivity index (χ0n) is 10.0. The van der Waals surface area contributed by atoms with E-state index in [1.54, 1.807) is 31.2 Å². The quantitative estimate of drug-likeness (QED) is 0.781. The molecule has 2 aromatic carbocycles. The van der Waals surface area contributed by atoms with Crippen LogP contribution in [0.4, 0.5) is 4.39 Å². The van der Waals surface area contributed by atoms with Gasteiger partial charge in [-0.15, -0.1) is 0 Å². The Bertz CT molecular complexity index is 600. The van der Waals surface area contributed by atoms with Gasteiger partial charge in [0.2, 0.25) is 0 Å². The Kier molecular flexibility index (Phi) is 4.60.